The van der Waals surface area contributed by atoms with Crippen molar-refractivity contribution in [3.8, 4) is 0 Å². The summed E-state index contributed by atoms with van der Waals surface area (Å²) in [5.74, 6) is 0.731. The van der Waals surface area contributed by atoms with Gasteiger partial charge >= 0.3 is 0 Å². The number of hydrogen-bond acceptors (Lipinski definition) is 5. The molecule has 0 unspecified atom stereocenters. The second-order valence-electron chi connectivity index (χ2n) is 6.50. The Balaban J connectivity index is 1.62. The van der Waals surface area contributed by atoms with Gasteiger partial charge in [-0.05, 0) is 30.9 Å². The number of fused-ring (bicyclic) bond motifs is 1. The minimum Gasteiger partial charge on any atom is -0.382 e. The van der Waals surface area contributed by atoms with Crippen LogP contribution in [0.1, 0.15) is 40.6 Å². The number of ether oxygens (including phenoxy) is 1. The Morgan fingerprint density at radius 3 is 2.83 bits per heavy atom. The second kappa shape index (κ2) is 6.32. The predicted molar refractivity (Wildman–Crippen MR) is 86.3 cm³/mol. The molecule has 2 aromatic heterocycles. The van der Waals surface area contributed by atoms with Crippen LogP contribution in [0.5, 0.6) is 0 Å². The van der Waals surface area contributed by atoms with Crippen molar-refractivity contribution in [1.82, 2.24) is 24.9 Å². The third-order valence-electron chi connectivity index (χ3n) is 4.79. The smallest absolute Gasteiger partial charge is 0.254 e. The van der Waals surface area contributed by atoms with E-state index < -0.39 is 0 Å². The van der Waals surface area contributed by atoms with Crippen molar-refractivity contribution in [2.45, 2.75) is 31.8 Å². The van der Waals surface area contributed by atoms with Gasteiger partial charge in [0.25, 0.3) is 5.91 Å². The van der Waals surface area contributed by atoms with Gasteiger partial charge in [-0.3, -0.25) is 9.78 Å². The molecular weight excluding hydrogens is 306 g/mol. The molecule has 2 aliphatic rings. The quantitative estimate of drug-likeness (QED) is 0.831. The van der Waals surface area contributed by atoms with Gasteiger partial charge in [0.15, 0.2) is 0 Å². The number of carbonyl (C=O) groups excluding carboxylic acids is 1. The van der Waals surface area contributed by atoms with Gasteiger partial charge in [-0.2, -0.15) is 0 Å². The zero-order valence-corrected chi connectivity index (χ0v) is 13.8. The van der Waals surface area contributed by atoms with E-state index >= 15 is 0 Å². The number of aromatic nitrogens is 4. The van der Waals surface area contributed by atoms with E-state index in [0.717, 1.165) is 30.3 Å². The van der Waals surface area contributed by atoms with E-state index in [1.807, 2.05) is 9.58 Å². The first kappa shape index (κ1) is 15.3. The Labute approximate surface area is 140 Å². The fourth-order valence-corrected chi connectivity index (χ4v) is 3.31. The van der Waals surface area contributed by atoms with Crippen molar-refractivity contribution in [3.05, 3.63) is 41.5 Å². The van der Waals surface area contributed by atoms with Gasteiger partial charge in [0.2, 0.25) is 0 Å². The van der Waals surface area contributed by atoms with E-state index in [2.05, 4.69) is 15.3 Å². The maximum atomic E-state index is 12.9. The highest BCUT2D eigenvalue weighted by molar-refractivity contribution is 5.94. The Bertz CT molecular complexity index is 726. The third-order valence-corrected chi connectivity index (χ3v) is 4.79. The Morgan fingerprint density at radius 1 is 1.33 bits per heavy atom. The average molecular weight is 327 g/mol. The summed E-state index contributed by atoms with van der Waals surface area (Å²) in [5, 5.41) is 8.73. The number of carbonyl (C=O) groups is 1. The van der Waals surface area contributed by atoms with E-state index in [1.165, 1.54) is 12.8 Å². The SMILES string of the molecule is COC[C@H]1c2nnn(CC3CC3)c2CCN1C(=O)c1ccncc1. The maximum absolute atomic E-state index is 12.9. The molecule has 126 valence electrons. The van der Waals surface area contributed by atoms with Crippen LogP contribution in [-0.4, -0.2) is 51.0 Å². The summed E-state index contributed by atoms with van der Waals surface area (Å²) in [6, 6.07) is 3.30. The predicted octanol–water partition coefficient (Wildman–Crippen LogP) is 1.47. The van der Waals surface area contributed by atoms with Gasteiger partial charge in [0.1, 0.15) is 11.7 Å². The van der Waals surface area contributed by atoms with Gasteiger partial charge in [-0.15, -0.1) is 5.10 Å². The van der Waals surface area contributed by atoms with Crippen LogP contribution < -0.4 is 0 Å². The van der Waals surface area contributed by atoms with Crippen LogP contribution in [0.25, 0.3) is 0 Å². The molecule has 0 N–H and O–H groups in total. The van der Waals surface area contributed by atoms with Gasteiger partial charge < -0.3 is 9.64 Å². The number of pyridine rings is 1. The molecule has 0 aromatic carbocycles. The molecule has 0 radical (unpaired) electrons. The van der Waals surface area contributed by atoms with Crippen LogP contribution in [0.2, 0.25) is 0 Å². The summed E-state index contributed by atoms with van der Waals surface area (Å²) in [6.07, 6.45) is 6.62. The molecule has 4 rings (SSSR count). The molecule has 1 aliphatic heterocycles. The summed E-state index contributed by atoms with van der Waals surface area (Å²) in [6.45, 7) is 2.02. The van der Waals surface area contributed by atoms with Crippen LogP contribution >= 0.6 is 0 Å². The van der Waals surface area contributed by atoms with Crippen LogP contribution in [0.15, 0.2) is 24.5 Å². The molecule has 1 fully saturated rings. The van der Waals surface area contributed by atoms with E-state index in [-0.39, 0.29) is 11.9 Å². The molecular formula is C17H21N5O2. The Kier molecular flexibility index (Phi) is 4.02. The van der Waals surface area contributed by atoms with E-state index in [4.69, 9.17) is 4.74 Å². The molecule has 0 bridgehead atoms. The third kappa shape index (κ3) is 2.80. The molecule has 24 heavy (non-hydrogen) atoms. The largest absolute Gasteiger partial charge is 0.382 e. The number of hydrogen-bond donors (Lipinski definition) is 0. The van der Waals surface area contributed by atoms with E-state index in [9.17, 15) is 4.79 Å². The molecule has 1 aliphatic carbocycles. The fraction of sp³-hybridized carbons (Fsp3) is 0.529. The Morgan fingerprint density at radius 2 is 2.12 bits per heavy atom. The van der Waals surface area contributed by atoms with Crippen molar-refractivity contribution < 1.29 is 9.53 Å². The zero-order chi connectivity index (χ0) is 16.5. The van der Waals surface area contributed by atoms with Crippen molar-refractivity contribution in [3.63, 3.8) is 0 Å². The fourth-order valence-electron chi connectivity index (χ4n) is 3.31. The van der Waals surface area contributed by atoms with Crippen molar-refractivity contribution >= 4 is 5.91 Å². The molecule has 1 atom stereocenters. The lowest BCUT2D eigenvalue weighted by molar-refractivity contribution is 0.0490. The van der Waals surface area contributed by atoms with Gasteiger partial charge in [-0.1, -0.05) is 5.21 Å². The van der Waals surface area contributed by atoms with Gasteiger partial charge in [0.05, 0.1) is 12.3 Å². The van der Waals surface area contributed by atoms with E-state index in [1.54, 1.807) is 31.6 Å². The highest BCUT2D eigenvalue weighted by atomic mass is 16.5. The summed E-state index contributed by atoms with van der Waals surface area (Å²) < 4.78 is 7.41. The zero-order valence-electron chi connectivity index (χ0n) is 13.8. The van der Waals surface area contributed by atoms with Crippen molar-refractivity contribution in [2.75, 3.05) is 20.3 Å². The monoisotopic (exact) mass is 327 g/mol. The molecule has 7 heteroatoms. The molecule has 1 saturated carbocycles. The summed E-state index contributed by atoms with van der Waals surface area (Å²) in [5.41, 5.74) is 2.67. The highest BCUT2D eigenvalue weighted by Gasteiger charge is 2.36. The van der Waals surface area contributed by atoms with Crippen LogP contribution in [0.4, 0.5) is 0 Å². The number of rotatable bonds is 5. The molecule has 2 aromatic rings. The average Bonchev–Trinajstić information content (AvgIpc) is 3.34. The lowest BCUT2D eigenvalue weighted by Crippen LogP contribution is -2.42. The molecule has 0 saturated heterocycles. The minimum absolute atomic E-state index is 0.0122. The number of methoxy groups -OCH3 is 1. The minimum atomic E-state index is -0.188. The first-order chi connectivity index (χ1) is 11.8. The van der Waals surface area contributed by atoms with Crippen LogP contribution in [0.3, 0.4) is 0 Å². The lowest BCUT2D eigenvalue weighted by Gasteiger charge is -2.34. The van der Waals surface area contributed by atoms with Crippen LogP contribution in [-0.2, 0) is 17.7 Å². The lowest BCUT2D eigenvalue weighted by atomic mass is 10.0. The van der Waals surface area contributed by atoms with Crippen molar-refractivity contribution in [2.24, 2.45) is 5.92 Å². The second-order valence-corrected chi connectivity index (χ2v) is 6.50. The number of nitrogens with zero attached hydrogens (tertiary/aromatic N) is 5. The summed E-state index contributed by atoms with van der Waals surface area (Å²) >= 11 is 0. The molecule has 7 nitrogen and oxygen atoms in total. The summed E-state index contributed by atoms with van der Waals surface area (Å²) in [4.78, 5) is 18.7. The van der Waals surface area contributed by atoms with Gasteiger partial charge in [0, 0.05) is 44.6 Å². The first-order valence-electron chi connectivity index (χ1n) is 8.40. The topological polar surface area (TPSA) is 73.1 Å². The van der Waals surface area contributed by atoms with E-state index in [0.29, 0.717) is 18.7 Å². The normalized spacial score (nSPS) is 20.0. The van der Waals surface area contributed by atoms with Crippen molar-refractivity contribution in [1.29, 1.82) is 0 Å². The van der Waals surface area contributed by atoms with Crippen LogP contribution in [0, 0.1) is 5.92 Å². The van der Waals surface area contributed by atoms with Gasteiger partial charge in [-0.25, -0.2) is 4.68 Å². The number of amides is 1. The molecule has 1 amide bonds. The Hall–Kier alpha value is -2.28. The highest BCUT2D eigenvalue weighted by Crippen LogP contribution is 2.34. The summed E-state index contributed by atoms with van der Waals surface area (Å²) in [7, 11) is 1.65. The maximum Gasteiger partial charge on any atom is 0.254 e. The molecule has 3 heterocycles. The first-order valence-corrected chi connectivity index (χ1v) is 8.40. The standard InChI is InChI=1S/C17H21N5O2/c1-24-11-15-16-14(22(20-19-16)10-12-2-3-12)6-9-21(15)17(23)13-4-7-18-8-5-13/h4-5,7-8,12,15H,2-3,6,9-11H2,1H3/t15-/m0/s1. The molecule has 0 spiro atoms.